The van der Waals surface area contributed by atoms with Gasteiger partial charge in [0.1, 0.15) is 12.6 Å². The maximum Gasteiger partial charge on any atom is 0.407 e. The van der Waals surface area contributed by atoms with Gasteiger partial charge in [0.15, 0.2) is 0 Å². The van der Waals surface area contributed by atoms with Gasteiger partial charge in [0.2, 0.25) is 5.91 Å². The molecular formula is C33H36N2O6. The van der Waals surface area contributed by atoms with Crippen molar-refractivity contribution >= 4 is 18.0 Å². The van der Waals surface area contributed by atoms with E-state index in [0.717, 1.165) is 40.7 Å². The van der Waals surface area contributed by atoms with Gasteiger partial charge in [-0.3, -0.25) is 9.59 Å². The van der Waals surface area contributed by atoms with Crippen molar-refractivity contribution in [2.45, 2.75) is 63.3 Å². The summed E-state index contributed by atoms with van der Waals surface area (Å²) in [6.07, 6.45) is 0.700. The third kappa shape index (κ3) is 6.60. The molecule has 0 bridgehead atoms. The molecule has 0 aromatic heterocycles. The number of carboxylic acids is 1. The Labute approximate surface area is 240 Å². The minimum absolute atomic E-state index is 0.115. The molecule has 8 nitrogen and oxygen atoms in total. The molecule has 2 amide bonds. The van der Waals surface area contributed by atoms with Gasteiger partial charge in [-0.1, -0.05) is 78.9 Å². The Morgan fingerprint density at radius 2 is 1.56 bits per heavy atom. The van der Waals surface area contributed by atoms with Gasteiger partial charge in [0, 0.05) is 18.5 Å². The normalized spacial score (nSPS) is 17.7. The molecule has 3 aromatic carbocycles. The van der Waals surface area contributed by atoms with Crippen molar-refractivity contribution in [1.29, 1.82) is 0 Å². The maximum atomic E-state index is 13.8. The third-order valence-corrected chi connectivity index (χ3v) is 8.03. The number of hydrogen-bond donors (Lipinski definition) is 2. The molecule has 1 saturated heterocycles. The summed E-state index contributed by atoms with van der Waals surface area (Å²) in [4.78, 5) is 40.2. The smallest absolute Gasteiger partial charge is 0.407 e. The molecule has 0 unspecified atom stereocenters. The Morgan fingerprint density at radius 1 is 0.927 bits per heavy atom. The van der Waals surface area contributed by atoms with E-state index in [0.29, 0.717) is 13.0 Å². The average Bonchev–Trinajstić information content (AvgIpc) is 3.31. The number of nitrogens with one attached hydrogen (secondary N) is 1. The maximum absolute atomic E-state index is 13.8. The number of rotatable bonds is 10. The van der Waals surface area contributed by atoms with Crippen LogP contribution >= 0.6 is 0 Å². The first-order chi connectivity index (χ1) is 19.9. The van der Waals surface area contributed by atoms with Crippen LogP contribution in [0.5, 0.6) is 0 Å². The fraction of sp³-hybridized carbons (Fsp3) is 0.364. The first kappa shape index (κ1) is 28.4. The summed E-state index contributed by atoms with van der Waals surface area (Å²) in [6.45, 7) is 2.55. The van der Waals surface area contributed by atoms with Crippen LogP contribution in [0, 0.1) is 0 Å². The monoisotopic (exact) mass is 556 g/mol. The molecule has 1 aliphatic carbocycles. The van der Waals surface area contributed by atoms with Crippen molar-refractivity contribution in [3.63, 3.8) is 0 Å². The van der Waals surface area contributed by atoms with Gasteiger partial charge in [-0.25, -0.2) is 4.79 Å². The van der Waals surface area contributed by atoms with Gasteiger partial charge in [-0.15, -0.1) is 0 Å². The second-order valence-corrected chi connectivity index (χ2v) is 10.7. The molecule has 1 fully saturated rings. The fourth-order valence-corrected chi connectivity index (χ4v) is 5.93. The van der Waals surface area contributed by atoms with Crippen molar-refractivity contribution in [2.24, 2.45) is 0 Å². The summed E-state index contributed by atoms with van der Waals surface area (Å²) in [5.41, 5.74) is 5.38. The third-order valence-electron chi connectivity index (χ3n) is 8.03. The molecule has 0 spiro atoms. The number of ether oxygens (including phenoxy) is 2. The standard InChI is InChI=1S/C33H36N2O6/c1-22(40-20-23-11-3-2-4-12-23)31(32(38)35-18-10-9-13-24(35)19-30(36)37)34-33(39)41-21-29-27-16-7-5-14-25(27)26-15-6-8-17-28(26)29/h2-8,11-12,14-17,22,24,29,31H,9-10,13,18-21H2,1H3,(H,34,39)(H,36,37)/t22-,24+,31+/m0/s1. The molecule has 1 heterocycles. The molecule has 41 heavy (non-hydrogen) atoms. The van der Waals surface area contributed by atoms with E-state index in [1.165, 1.54) is 0 Å². The average molecular weight is 557 g/mol. The predicted octanol–water partition coefficient (Wildman–Crippen LogP) is 5.35. The number of carbonyl (C=O) groups is 3. The van der Waals surface area contributed by atoms with E-state index in [9.17, 15) is 19.5 Å². The zero-order chi connectivity index (χ0) is 28.8. The topological polar surface area (TPSA) is 105 Å². The molecule has 2 aliphatic rings. The second kappa shape index (κ2) is 13.0. The Bertz CT molecular complexity index is 1330. The van der Waals surface area contributed by atoms with Crippen LogP contribution in [-0.2, 0) is 25.7 Å². The minimum atomic E-state index is -1.04. The van der Waals surface area contributed by atoms with Gasteiger partial charge in [-0.2, -0.15) is 0 Å². The molecule has 2 N–H and O–H groups in total. The van der Waals surface area contributed by atoms with E-state index >= 15 is 0 Å². The highest BCUT2D eigenvalue weighted by atomic mass is 16.5. The number of aliphatic carboxylic acids is 1. The first-order valence-corrected chi connectivity index (χ1v) is 14.2. The number of fused-ring (bicyclic) bond motifs is 3. The number of benzene rings is 3. The molecule has 8 heteroatoms. The van der Waals surface area contributed by atoms with Gasteiger partial charge in [0.25, 0.3) is 0 Å². The molecule has 0 saturated carbocycles. The van der Waals surface area contributed by atoms with E-state index < -0.39 is 30.3 Å². The zero-order valence-electron chi connectivity index (χ0n) is 23.2. The van der Waals surface area contributed by atoms with Gasteiger partial charge in [0.05, 0.1) is 19.1 Å². The largest absolute Gasteiger partial charge is 0.481 e. The van der Waals surface area contributed by atoms with Crippen molar-refractivity contribution in [1.82, 2.24) is 10.2 Å². The summed E-state index contributed by atoms with van der Waals surface area (Å²) in [5.74, 6) is -1.43. The Hall–Kier alpha value is -4.17. The lowest BCUT2D eigenvalue weighted by Gasteiger charge is -2.38. The number of likely N-dealkylation sites (tertiary alicyclic amines) is 1. The molecule has 214 valence electrons. The van der Waals surface area contributed by atoms with Crippen LogP contribution < -0.4 is 5.32 Å². The second-order valence-electron chi connectivity index (χ2n) is 10.7. The van der Waals surface area contributed by atoms with Crippen LogP contribution in [0.2, 0.25) is 0 Å². The minimum Gasteiger partial charge on any atom is -0.481 e. The zero-order valence-corrected chi connectivity index (χ0v) is 23.2. The lowest BCUT2D eigenvalue weighted by atomic mass is 9.97. The van der Waals surface area contributed by atoms with Crippen LogP contribution in [0.1, 0.15) is 55.2 Å². The van der Waals surface area contributed by atoms with E-state index in [1.807, 2.05) is 66.7 Å². The first-order valence-electron chi connectivity index (χ1n) is 14.2. The number of nitrogens with zero attached hydrogens (tertiary/aromatic N) is 1. The van der Waals surface area contributed by atoms with E-state index in [4.69, 9.17) is 9.47 Å². The highest BCUT2D eigenvalue weighted by molar-refractivity contribution is 5.87. The lowest BCUT2D eigenvalue weighted by molar-refractivity contribution is -0.145. The number of carboxylic acid groups (broad SMARTS) is 1. The predicted molar refractivity (Wildman–Crippen MR) is 154 cm³/mol. The summed E-state index contributed by atoms with van der Waals surface area (Å²) in [7, 11) is 0. The quantitative estimate of drug-likeness (QED) is 0.349. The van der Waals surface area contributed by atoms with Crippen molar-refractivity contribution < 1.29 is 29.0 Å². The van der Waals surface area contributed by atoms with Crippen LogP contribution in [-0.4, -0.2) is 59.3 Å². The van der Waals surface area contributed by atoms with Crippen molar-refractivity contribution in [2.75, 3.05) is 13.2 Å². The number of carbonyl (C=O) groups excluding carboxylic acids is 2. The highest BCUT2D eigenvalue weighted by Gasteiger charge is 2.37. The Balaban J connectivity index is 1.30. The van der Waals surface area contributed by atoms with E-state index in [2.05, 4.69) is 17.4 Å². The van der Waals surface area contributed by atoms with Gasteiger partial charge < -0.3 is 24.8 Å². The van der Waals surface area contributed by atoms with Gasteiger partial charge >= 0.3 is 12.1 Å². The van der Waals surface area contributed by atoms with Crippen LogP contribution in [0.15, 0.2) is 78.9 Å². The van der Waals surface area contributed by atoms with Crippen LogP contribution in [0.3, 0.4) is 0 Å². The SMILES string of the molecule is C[C@H](OCc1ccccc1)[C@@H](NC(=O)OCC1c2ccccc2-c2ccccc21)C(=O)N1CCCC[C@@H]1CC(=O)O. The number of hydrogen-bond acceptors (Lipinski definition) is 5. The molecule has 5 rings (SSSR count). The summed E-state index contributed by atoms with van der Waals surface area (Å²) in [6, 6.07) is 24.3. The van der Waals surface area contributed by atoms with Crippen molar-refractivity contribution in [3.05, 3.63) is 95.6 Å². The number of amides is 2. The van der Waals surface area contributed by atoms with E-state index in [1.54, 1.807) is 11.8 Å². The lowest BCUT2D eigenvalue weighted by Crippen LogP contribution is -2.58. The summed E-state index contributed by atoms with van der Waals surface area (Å²) >= 11 is 0. The van der Waals surface area contributed by atoms with Gasteiger partial charge in [-0.05, 0) is 54.0 Å². The summed E-state index contributed by atoms with van der Waals surface area (Å²) in [5, 5.41) is 12.2. The van der Waals surface area contributed by atoms with Crippen LogP contribution in [0.25, 0.3) is 11.1 Å². The molecule has 0 radical (unpaired) electrons. The number of piperidine rings is 1. The fourth-order valence-electron chi connectivity index (χ4n) is 5.93. The number of alkyl carbamates (subject to hydrolysis) is 1. The van der Waals surface area contributed by atoms with Crippen LogP contribution in [0.4, 0.5) is 4.79 Å². The van der Waals surface area contributed by atoms with Crippen molar-refractivity contribution in [3.8, 4) is 11.1 Å². The molecule has 3 aromatic rings. The molecule has 3 atom stereocenters. The molecular weight excluding hydrogens is 520 g/mol. The Morgan fingerprint density at radius 3 is 2.22 bits per heavy atom. The summed E-state index contributed by atoms with van der Waals surface area (Å²) < 4.78 is 11.8. The van der Waals surface area contributed by atoms with E-state index in [-0.39, 0.29) is 31.5 Å². The highest BCUT2D eigenvalue weighted by Crippen LogP contribution is 2.44. The molecule has 1 aliphatic heterocycles. The Kier molecular flexibility index (Phi) is 8.99.